The highest BCUT2D eigenvalue weighted by atomic mass is 16.6. The van der Waals surface area contributed by atoms with E-state index in [4.69, 9.17) is 4.74 Å². The molecular formula is C13H9NO4. The van der Waals surface area contributed by atoms with Crippen molar-refractivity contribution in [3.8, 4) is 11.5 Å². The summed E-state index contributed by atoms with van der Waals surface area (Å²) in [5, 5.41) is 10.5. The minimum absolute atomic E-state index is 0.00831. The molecule has 2 aromatic rings. The molecule has 0 bridgehead atoms. The number of para-hydroxylation sites is 1. The molecule has 0 saturated carbocycles. The highest BCUT2D eigenvalue weighted by Crippen LogP contribution is 2.25. The largest absolute Gasteiger partial charge is 0.457 e. The van der Waals surface area contributed by atoms with Gasteiger partial charge in [-0.25, -0.2) is 0 Å². The third-order valence-electron chi connectivity index (χ3n) is 2.32. The molecule has 0 saturated heterocycles. The molecule has 90 valence electrons. The van der Waals surface area contributed by atoms with Gasteiger partial charge in [0.2, 0.25) is 0 Å². The number of carbonyl (C=O) groups is 1. The molecule has 0 aliphatic rings. The van der Waals surface area contributed by atoms with E-state index in [1.807, 2.05) is 0 Å². The lowest BCUT2D eigenvalue weighted by Crippen LogP contribution is -1.91. The zero-order valence-electron chi connectivity index (χ0n) is 9.28. The van der Waals surface area contributed by atoms with E-state index in [0.29, 0.717) is 23.3 Å². The van der Waals surface area contributed by atoms with Gasteiger partial charge in [-0.3, -0.25) is 14.9 Å². The number of rotatable bonds is 4. The first-order valence-electron chi connectivity index (χ1n) is 5.17. The van der Waals surface area contributed by atoms with E-state index in [-0.39, 0.29) is 5.69 Å². The van der Waals surface area contributed by atoms with Gasteiger partial charge in [0.25, 0.3) is 5.69 Å². The van der Waals surface area contributed by atoms with Crippen LogP contribution in [0.5, 0.6) is 11.5 Å². The Hall–Kier alpha value is -2.69. The van der Waals surface area contributed by atoms with Crippen LogP contribution >= 0.6 is 0 Å². The Morgan fingerprint density at radius 1 is 1.06 bits per heavy atom. The molecule has 2 aromatic carbocycles. The molecule has 0 amide bonds. The van der Waals surface area contributed by atoms with Gasteiger partial charge in [-0.05, 0) is 24.3 Å². The molecule has 0 aliphatic heterocycles. The Labute approximate surface area is 103 Å². The molecule has 0 N–H and O–H groups in total. The van der Waals surface area contributed by atoms with Crippen molar-refractivity contribution >= 4 is 12.0 Å². The van der Waals surface area contributed by atoms with E-state index in [9.17, 15) is 14.9 Å². The van der Waals surface area contributed by atoms with E-state index in [1.54, 1.807) is 24.3 Å². The van der Waals surface area contributed by atoms with Crippen LogP contribution in [0.15, 0.2) is 48.5 Å². The van der Waals surface area contributed by atoms with Crippen molar-refractivity contribution in [1.29, 1.82) is 0 Å². The predicted molar refractivity (Wildman–Crippen MR) is 65.0 cm³/mol. The average Bonchev–Trinajstić information content (AvgIpc) is 2.40. The number of benzene rings is 2. The molecule has 18 heavy (non-hydrogen) atoms. The number of hydrogen-bond acceptors (Lipinski definition) is 4. The second-order valence-corrected chi connectivity index (χ2v) is 3.51. The van der Waals surface area contributed by atoms with Crippen LogP contribution in [0.4, 0.5) is 5.69 Å². The molecule has 0 spiro atoms. The highest BCUT2D eigenvalue weighted by molar-refractivity contribution is 5.79. The maximum Gasteiger partial charge on any atom is 0.269 e. The summed E-state index contributed by atoms with van der Waals surface area (Å²) in [4.78, 5) is 20.8. The van der Waals surface area contributed by atoms with Crippen LogP contribution in [0.2, 0.25) is 0 Å². The minimum atomic E-state index is -0.483. The second kappa shape index (κ2) is 5.09. The van der Waals surface area contributed by atoms with Crippen LogP contribution in [-0.4, -0.2) is 11.2 Å². The number of hydrogen-bond donors (Lipinski definition) is 0. The van der Waals surface area contributed by atoms with Gasteiger partial charge in [0.1, 0.15) is 11.5 Å². The minimum Gasteiger partial charge on any atom is -0.457 e. The fourth-order valence-corrected chi connectivity index (χ4v) is 1.43. The summed E-state index contributed by atoms with van der Waals surface area (Å²) in [5.41, 5.74) is 0.418. The first-order chi connectivity index (χ1) is 8.70. The standard InChI is InChI=1S/C13H9NO4/c15-9-10-3-1-2-4-13(10)18-12-7-5-11(6-8-12)14(16)17/h1-9H. The van der Waals surface area contributed by atoms with E-state index >= 15 is 0 Å². The van der Waals surface area contributed by atoms with Crippen molar-refractivity contribution in [1.82, 2.24) is 0 Å². The zero-order chi connectivity index (χ0) is 13.0. The molecular weight excluding hydrogens is 234 g/mol. The molecule has 2 rings (SSSR count). The van der Waals surface area contributed by atoms with Gasteiger partial charge in [0.15, 0.2) is 6.29 Å². The summed E-state index contributed by atoms with van der Waals surface area (Å²) in [5.74, 6) is 0.858. The Balaban J connectivity index is 2.23. The van der Waals surface area contributed by atoms with Crippen LogP contribution in [0, 0.1) is 10.1 Å². The lowest BCUT2D eigenvalue weighted by Gasteiger charge is -2.07. The summed E-state index contributed by atoms with van der Waals surface area (Å²) >= 11 is 0. The first-order valence-corrected chi connectivity index (χ1v) is 5.17. The number of carbonyl (C=O) groups excluding carboxylic acids is 1. The Bertz CT molecular complexity index is 578. The summed E-state index contributed by atoms with van der Waals surface area (Å²) < 4.78 is 5.48. The molecule has 0 unspecified atom stereocenters. The van der Waals surface area contributed by atoms with Gasteiger partial charge in [-0.2, -0.15) is 0 Å². The smallest absolute Gasteiger partial charge is 0.269 e. The fourth-order valence-electron chi connectivity index (χ4n) is 1.43. The van der Waals surface area contributed by atoms with Gasteiger partial charge in [-0.15, -0.1) is 0 Å². The first kappa shape index (κ1) is 11.8. The van der Waals surface area contributed by atoms with Crippen LogP contribution in [0.1, 0.15) is 10.4 Å². The normalized spacial score (nSPS) is 9.78. The highest BCUT2D eigenvalue weighted by Gasteiger charge is 2.06. The van der Waals surface area contributed by atoms with E-state index < -0.39 is 4.92 Å². The van der Waals surface area contributed by atoms with Crippen LogP contribution in [0.3, 0.4) is 0 Å². The van der Waals surface area contributed by atoms with Crippen molar-refractivity contribution in [2.45, 2.75) is 0 Å². The third kappa shape index (κ3) is 2.52. The molecule has 0 fully saturated rings. The fraction of sp³-hybridized carbons (Fsp3) is 0. The lowest BCUT2D eigenvalue weighted by atomic mass is 10.2. The second-order valence-electron chi connectivity index (χ2n) is 3.51. The molecule has 0 heterocycles. The Morgan fingerprint density at radius 2 is 1.72 bits per heavy atom. The predicted octanol–water partition coefficient (Wildman–Crippen LogP) is 3.20. The SMILES string of the molecule is O=Cc1ccccc1Oc1ccc([N+](=O)[O-])cc1. The number of nitro benzene ring substituents is 1. The van der Waals surface area contributed by atoms with Gasteiger partial charge >= 0.3 is 0 Å². The van der Waals surface area contributed by atoms with E-state index in [1.165, 1.54) is 24.3 Å². The van der Waals surface area contributed by atoms with Gasteiger partial charge in [0, 0.05) is 12.1 Å². The summed E-state index contributed by atoms with van der Waals surface area (Å²) in [7, 11) is 0. The quantitative estimate of drug-likeness (QED) is 0.469. The summed E-state index contributed by atoms with van der Waals surface area (Å²) in [6, 6.07) is 12.4. The topological polar surface area (TPSA) is 69.4 Å². The van der Waals surface area contributed by atoms with Crippen LogP contribution in [0.25, 0.3) is 0 Å². The van der Waals surface area contributed by atoms with Crippen molar-refractivity contribution in [2.75, 3.05) is 0 Å². The van der Waals surface area contributed by atoms with Crippen molar-refractivity contribution in [3.63, 3.8) is 0 Å². The zero-order valence-corrected chi connectivity index (χ0v) is 9.28. The average molecular weight is 243 g/mol. The molecule has 0 atom stereocenters. The summed E-state index contributed by atoms with van der Waals surface area (Å²) in [6.45, 7) is 0. The van der Waals surface area contributed by atoms with Crippen molar-refractivity contribution < 1.29 is 14.5 Å². The molecule has 0 aliphatic carbocycles. The maximum absolute atomic E-state index is 10.8. The lowest BCUT2D eigenvalue weighted by molar-refractivity contribution is -0.384. The molecule has 5 heteroatoms. The number of nitrogens with zero attached hydrogens (tertiary/aromatic N) is 1. The van der Waals surface area contributed by atoms with Crippen LogP contribution in [-0.2, 0) is 0 Å². The van der Waals surface area contributed by atoms with E-state index in [0.717, 1.165) is 0 Å². The Kier molecular flexibility index (Phi) is 3.33. The molecule has 0 radical (unpaired) electrons. The number of ether oxygens (including phenoxy) is 1. The number of nitro groups is 1. The van der Waals surface area contributed by atoms with Gasteiger partial charge in [0.05, 0.1) is 10.5 Å². The molecule has 5 nitrogen and oxygen atoms in total. The van der Waals surface area contributed by atoms with Crippen molar-refractivity contribution in [3.05, 3.63) is 64.2 Å². The monoisotopic (exact) mass is 243 g/mol. The van der Waals surface area contributed by atoms with Gasteiger partial charge < -0.3 is 4.74 Å². The number of aldehydes is 1. The van der Waals surface area contributed by atoms with Crippen LogP contribution < -0.4 is 4.74 Å². The van der Waals surface area contributed by atoms with Crippen molar-refractivity contribution in [2.24, 2.45) is 0 Å². The summed E-state index contributed by atoms with van der Waals surface area (Å²) in [6.07, 6.45) is 0.695. The molecule has 0 aromatic heterocycles. The van der Waals surface area contributed by atoms with E-state index in [2.05, 4.69) is 0 Å². The van der Waals surface area contributed by atoms with Gasteiger partial charge in [-0.1, -0.05) is 12.1 Å². The Morgan fingerprint density at radius 3 is 2.33 bits per heavy atom. The third-order valence-corrected chi connectivity index (χ3v) is 2.32. The maximum atomic E-state index is 10.8. The number of non-ortho nitro benzene ring substituents is 1.